The van der Waals surface area contributed by atoms with E-state index in [1.807, 2.05) is 30.3 Å². The number of methoxy groups -OCH3 is 3. The molecule has 0 aromatic heterocycles. The highest BCUT2D eigenvalue weighted by molar-refractivity contribution is 5.96. The number of benzene rings is 2. The van der Waals surface area contributed by atoms with Gasteiger partial charge < -0.3 is 14.2 Å². The third-order valence-corrected chi connectivity index (χ3v) is 3.45. The lowest BCUT2D eigenvalue weighted by molar-refractivity contribution is -0.121. The van der Waals surface area contributed by atoms with Crippen LogP contribution in [0.3, 0.4) is 0 Å². The van der Waals surface area contributed by atoms with Gasteiger partial charge in [0.15, 0.2) is 11.5 Å². The quantitative estimate of drug-likeness (QED) is 0.779. The summed E-state index contributed by atoms with van der Waals surface area (Å²) in [4.78, 5) is 24.2. The van der Waals surface area contributed by atoms with Gasteiger partial charge in [-0.25, -0.2) is 0 Å². The van der Waals surface area contributed by atoms with Crippen molar-refractivity contribution in [2.45, 2.75) is 6.42 Å². The fraction of sp³-hybridized carbons (Fsp3) is 0.222. The Balaban J connectivity index is 2.04. The minimum absolute atomic E-state index is 0.163. The number of ether oxygens (including phenoxy) is 3. The van der Waals surface area contributed by atoms with Gasteiger partial charge in [-0.05, 0) is 17.7 Å². The molecule has 0 spiro atoms. The van der Waals surface area contributed by atoms with Gasteiger partial charge in [-0.2, -0.15) is 0 Å². The normalized spacial score (nSPS) is 9.88. The van der Waals surface area contributed by atoms with Crippen molar-refractivity contribution in [1.29, 1.82) is 0 Å². The van der Waals surface area contributed by atoms with Gasteiger partial charge in [-0.1, -0.05) is 30.3 Å². The average Bonchev–Trinajstić information content (AvgIpc) is 2.65. The van der Waals surface area contributed by atoms with Crippen LogP contribution in [0, 0.1) is 0 Å². The Labute approximate surface area is 145 Å². The Kier molecular flexibility index (Phi) is 6.22. The minimum atomic E-state index is -0.499. The fourth-order valence-electron chi connectivity index (χ4n) is 2.24. The van der Waals surface area contributed by atoms with Gasteiger partial charge >= 0.3 is 0 Å². The van der Waals surface area contributed by atoms with E-state index >= 15 is 0 Å². The second-order valence-corrected chi connectivity index (χ2v) is 5.08. The van der Waals surface area contributed by atoms with E-state index in [-0.39, 0.29) is 17.9 Å². The Morgan fingerprint density at radius 3 is 2.00 bits per heavy atom. The maximum atomic E-state index is 12.3. The number of hydrogen-bond donors (Lipinski definition) is 2. The summed E-state index contributed by atoms with van der Waals surface area (Å²) in [6, 6.07) is 12.2. The molecule has 0 fully saturated rings. The monoisotopic (exact) mass is 344 g/mol. The van der Waals surface area contributed by atoms with Gasteiger partial charge in [0.25, 0.3) is 5.91 Å². The minimum Gasteiger partial charge on any atom is -0.493 e. The van der Waals surface area contributed by atoms with Gasteiger partial charge in [0, 0.05) is 5.56 Å². The summed E-state index contributed by atoms with van der Waals surface area (Å²) < 4.78 is 15.6. The van der Waals surface area contributed by atoms with E-state index in [1.54, 1.807) is 0 Å². The van der Waals surface area contributed by atoms with E-state index in [0.29, 0.717) is 17.2 Å². The molecule has 0 aliphatic carbocycles. The van der Waals surface area contributed by atoms with Crippen LogP contribution < -0.4 is 25.1 Å². The largest absolute Gasteiger partial charge is 0.493 e. The predicted molar refractivity (Wildman–Crippen MR) is 91.9 cm³/mol. The maximum Gasteiger partial charge on any atom is 0.269 e. The molecule has 0 aliphatic rings. The second-order valence-electron chi connectivity index (χ2n) is 5.08. The number of carbonyl (C=O) groups excluding carboxylic acids is 2. The van der Waals surface area contributed by atoms with Gasteiger partial charge in [-0.3, -0.25) is 20.4 Å². The first-order valence-corrected chi connectivity index (χ1v) is 7.52. The van der Waals surface area contributed by atoms with Gasteiger partial charge in [0.2, 0.25) is 11.7 Å². The van der Waals surface area contributed by atoms with Gasteiger partial charge in [-0.15, -0.1) is 0 Å². The number of rotatable bonds is 6. The molecule has 2 N–H and O–H groups in total. The lowest BCUT2D eigenvalue weighted by Crippen LogP contribution is -2.42. The first kappa shape index (κ1) is 18.1. The zero-order chi connectivity index (χ0) is 18.2. The van der Waals surface area contributed by atoms with Crippen molar-refractivity contribution in [3.8, 4) is 17.2 Å². The van der Waals surface area contributed by atoms with Crippen molar-refractivity contribution in [2.75, 3.05) is 21.3 Å². The molecule has 2 amide bonds. The molecule has 0 radical (unpaired) electrons. The first-order chi connectivity index (χ1) is 12.1. The average molecular weight is 344 g/mol. The SMILES string of the molecule is COc1cc(C(=O)NNC(=O)Cc2ccccc2)cc(OC)c1OC. The van der Waals surface area contributed by atoms with Crippen molar-refractivity contribution >= 4 is 11.8 Å². The third-order valence-electron chi connectivity index (χ3n) is 3.45. The van der Waals surface area contributed by atoms with Crippen LogP contribution in [-0.4, -0.2) is 33.1 Å². The van der Waals surface area contributed by atoms with E-state index in [2.05, 4.69) is 10.9 Å². The molecule has 7 nitrogen and oxygen atoms in total. The van der Waals surface area contributed by atoms with Crippen molar-refractivity contribution in [3.05, 3.63) is 53.6 Å². The highest BCUT2D eigenvalue weighted by Gasteiger charge is 2.17. The van der Waals surface area contributed by atoms with Crippen LogP contribution in [0.25, 0.3) is 0 Å². The molecule has 0 atom stereocenters. The Bertz CT molecular complexity index is 721. The lowest BCUT2D eigenvalue weighted by atomic mass is 10.1. The van der Waals surface area contributed by atoms with Crippen LogP contribution in [0.5, 0.6) is 17.2 Å². The highest BCUT2D eigenvalue weighted by atomic mass is 16.5. The Hall–Kier alpha value is -3.22. The summed E-state index contributed by atoms with van der Waals surface area (Å²) >= 11 is 0. The Morgan fingerprint density at radius 1 is 0.880 bits per heavy atom. The summed E-state index contributed by atoms with van der Waals surface area (Å²) in [5, 5.41) is 0. The topological polar surface area (TPSA) is 85.9 Å². The van der Waals surface area contributed by atoms with E-state index in [0.717, 1.165) is 5.56 Å². The van der Waals surface area contributed by atoms with Crippen LogP contribution in [0.1, 0.15) is 15.9 Å². The molecule has 0 saturated carbocycles. The molecule has 0 bridgehead atoms. The zero-order valence-corrected chi connectivity index (χ0v) is 14.3. The molecule has 25 heavy (non-hydrogen) atoms. The second kappa shape index (κ2) is 8.58. The zero-order valence-electron chi connectivity index (χ0n) is 14.3. The van der Waals surface area contributed by atoms with Crippen LogP contribution >= 0.6 is 0 Å². The van der Waals surface area contributed by atoms with E-state index < -0.39 is 5.91 Å². The molecule has 0 unspecified atom stereocenters. The molecule has 0 saturated heterocycles. The van der Waals surface area contributed by atoms with Crippen LogP contribution in [0.2, 0.25) is 0 Å². The highest BCUT2D eigenvalue weighted by Crippen LogP contribution is 2.38. The summed E-state index contributed by atoms with van der Waals surface area (Å²) in [6.45, 7) is 0. The van der Waals surface area contributed by atoms with Crippen molar-refractivity contribution in [3.63, 3.8) is 0 Å². The van der Waals surface area contributed by atoms with Gasteiger partial charge in [0.1, 0.15) is 0 Å². The number of carbonyl (C=O) groups is 2. The maximum absolute atomic E-state index is 12.3. The van der Waals surface area contributed by atoms with E-state index in [9.17, 15) is 9.59 Å². The Morgan fingerprint density at radius 2 is 1.48 bits per heavy atom. The smallest absolute Gasteiger partial charge is 0.269 e. The molecule has 2 rings (SSSR count). The predicted octanol–water partition coefficient (Wildman–Crippen LogP) is 1.72. The van der Waals surface area contributed by atoms with E-state index in [4.69, 9.17) is 14.2 Å². The summed E-state index contributed by atoms with van der Waals surface area (Å²) in [5.74, 6) is 0.257. The van der Waals surface area contributed by atoms with Crippen LogP contribution in [-0.2, 0) is 11.2 Å². The summed E-state index contributed by atoms with van der Waals surface area (Å²) in [5.41, 5.74) is 5.86. The van der Waals surface area contributed by atoms with Crippen molar-refractivity contribution < 1.29 is 23.8 Å². The molecular weight excluding hydrogens is 324 g/mol. The standard InChI is InChI=1S/C18H20N2O5/c1-23-14-10-13(11-15(24-2)17(14)25-3)18(22)20-19-16(21)9-12-7-5-4-6-8-12/h4-8,10-11H,9H2,1-3H3,(H,19,21)(H,20,22). The first-order valence-electron chi connectivity index (χ1n) is 7.52. The number of hydrazine groups is 1. The fourth-order valence-corrected chi connectivity index (χ4v) is 2.24. The van der Waals surface area contributed by atoms with Crippen LogP contribution in [0.4, 0.5) is 0 Å². The molecule has 0 heterocycles. The van der Waals surface area contributed by atoms with E-state index in [1.165, 1.54) is 33.5 Å². The molecule has 2 aromatic rings. The summed E-state index contributed by atoms with van der Waals surface area (Å²) in [7, 11) is 4.39. The number of hydrogen-bond acceptors (Lipinski definition) is 5. The summed E-state index contributed by atoms with van der Waals surface area (Å²) in [6.07, 6.45) is 0.163. The van der Waals surface area contributed by atoms with Crippen molar-refractivity contribution in [2.24, 2.45) is 0 Å². The molecule has 7 heteroatoms. The number of amides is 2. The third kappa shape index (κ3) is 4.63. The molecule has 2 aromatic carbocycles. The lowest BCUT2D eigenvalue weighted by Gasteiger charge is -2.14. The van der Waals surface area contributed by atoms with Gasteiger partial charge in [0.05, 0.1) is 27.8 Å². The molecule has 132 valence electrons. The number of nitrogens with one attached hydrogen (secondary N) is 2. The van der Waals surface area contributed by atoms with Crippen molar-refractivity contribution in [1.82, 2.24) is 10.9 Å². The van der Waals surface area contributed by atoms with Crippen LogP contribution in [0.15, 0.2) is 42.5 Å². The molecular formula is C18H20N2O5. The molecule has 0 aliphatic heterocycles.